The van der Waals surface area contributed by atoms with Crippen LogP contribution in [0, 0.1) is 0 Å². The first kappa shape index (κ1) is 52.5. The molecule has 41 heavy (non-hydrogen) atoms. The summed E-state index contributed by atoms with van der Waals surface area (Å²) >= 11 is -3.06. The Kier molecular flexibility index (Phi) is 46.7. The van der Waals surface area contributed by atoms with E-state index in [1.54, 1.807) is 0 Å². The third-order valence-electron chi connectivity index (χ3n) is 6.31. The minimum Gasteiger partial charge on any atom is -1.00 e. The summed E-state index contributed by atoms with van der Waals surface area (Å²) in [6, 6.07) is -1.56. The SMILES string of the molecule is CCCCCCCCCCCCCCCCCCN(C(=O)CCC(=O)OS(=O)[O-])C(CC(=O)O)C(=O)O.[H-].[H-].[H-].[H-].[Na+].[Na+].[Na+].[Na+]. The van der Waals surface area contributed by atoms with Gasteiger partial charge in [0.25, 0.3) is 0 Å². The van der Waals surface area contributed by atoms with Gasteiger partial charge in [-0.2, -0.15) is 0 Å². The van der Waals surface area contributed by atoms with Gasteiger partial charge in [-0.3, -0.25) is 14.4 Å². The third kappa shape index (κ3) is 33.2. The number of carbonyl (C=O) groups is 4. The van der Waals surface area contributed by atoms with Crippen molar-refractivity contribution >= 4 is 35.2 Å². The molecule has 224 valence electrons. The van der Waals surface area contributed by atoms with E-state index in [1.165, 1.54) is 70.6 Å². The van der Waals surface area contributed by atoms with E-state index in [9.17, 15) is 33.0 Å². The maximum Gasteiger partial charge on any atom is 1.00 e. The number of carboxylic acids is 2. The summed E-state index contributed by atoms with van der Waals surface area (Å²) in [6.07, 6.45) is 16.9. The number of aliphatic carboxylic acids is 2. The van der Waals surface area contributed by atoms with Gasteiger partial charge in [0.05, 0.1) is 12.8 Å². The van der Waals surface area contributed by atoms with E-state index in [1.807, 2.05) is 0 Å². The summed E-state index contributed by atoms with van der Waals surface area (Å²) in [5.74, 6) is -4.69. The van der Waals surface area contributed by atoms with Gasteiger partial charge < -0.3 is 29.6 Å². The first-order valence-electron chi connectivity index (χ1n) is 13.7. The predicted octanol–water partition coefficient (Wildman–Crippen LogP) is -6.41. The molecule has 0 aromatic carbocycles. The fourth-order valence-electron chi connectivity index (χ4n) is 4.25. The van der Waals surface area contributed by atoms with Gasteiger partial charge in [0.1, 0.15) is 17.4 Å². The fourth-order valence-corrected chi connectivity index (χ4v) is 4.49. The van der Waals surface area contributed by atoms with E-state index in [2.05, 4.69) is 11.1 Å². The zero-order valence-electron chi connectivity index (χ0n) is 30.3. The summed E-state index contributed by atoms with van der Waals surface area (Å²) in [6.45, 7) is 2.28. The molecule has 0 aromatic rings. The molecular formula is C26H50NNa4O9S-. The van der Waals surface area contributed by atoms with Crippen LogP contribution in [0.5, 0.6) is 0 Å². The van der Waals surface area contributed by atoms with Crippen LogP contribution in [-0.2, 0) is 34.7 Å². The van der Waals surface area contributed by atoms with Crippen LogP contribution in [0.4, 0.5) is 0 Å². The van der Waals surface area contributed by atoms with Gasteiger partial charge in [0.15, 0.2) is 0 Å². The Morgan fingerprint density at radius 2 is 1.12 bits per heavy atom. The molecule has 0 radical (unpaired) electrons. The average molecular weight is 645 g/mol. The second-order valence-corrected chi connectivity index (χ2v) is 10.1. The van der Waals surface area contributed by atoms with Crippen molar-refractivity contribution in [3.8, 4) is 0 Å². The molecule has 0 rings (SSSR count). The van der Waals surface area contributed by atoms with E-state index in [0.717, 1.165) is 30.6 Å². The van der Waals surface area contributed by atoms with Crippen LogP contribution in [0.3, 0.4) is 0 Å². The van der Waals surface area contributed by atoms with Crippen molar-refractivity contribution in [1.82, 2.24) is 4.90 Å². The van der Waals surface area contributed by atoms with Crippen LogP contribution in [0.25, 0.3) is 0 Å². The zero-order valence-corrected chi connectivity index (χ0v) is 35.1. The van der Waals surface area contributed by atoms with Gasteiger partial charge in [0, 0.05) is 13.0 Å². The van der Waals surface area contributed by atoms with Gasteiger partial charge in [-0.25, -0.2) is 9.00 Å². The molecule has 0 fully saturated rings. The summed E-state index contributed by atoms with van der Waals surface area (Å²) in [5.41, 5.74) is 0. The van der Waals surface area contributed by atoms with Gasteiger partial charge in [-0.1, -0.05) is 103 Å². The molecule has 0 heterocycles. The third-order valence-corrected chi connectivity index (χ3v) is 6.63. The number of hydrogen-bond donors (Lipinski definition) is 2. The van der Waals surface area contributed by atoms with Crippen molar-refractivity contribution in [1.29, 1.82) is 0 Å². The Morgan fingerprint density at radius 3 is 1.46 bits per heavy atom. The van der Waals surface area contributed by atoms with Gasteiger partial charge in [-0.15, -0.1) is 0 Å². The van der Waals surface area contributed by atoms with Crippen molar-refractivity contribution in [2.45, 2.75) is 135 Å². The number of carboxylic acid groups (broad SMARTS) is 2. The largest absolute Gasteiger partial charge is 1.00 e. The number of carbonyl (C=O) groups excluding carboxylic acids is 2. The molecule has 0 saturated carbocycles. The molecule has 0 aliphatic heterocycles. The second-order valence-electron chi connectivity index (χ2n) is 9.50. The molecule has 0 aliphatic carbocycles. The molecule has 0 aliphatic rings. The number of unbranched alkanes of at least 4 members (excludes halogenated alkanes) is 15. The standard InChI is InChI=1S/C26H47NO9S.4Na.4H/c1-2-3-4-5-6-7-8-9-10-11-12-13-14-15-16-17-20-27(22(26(32)33)21-24(29)30)23(28)18-19-25(31)36-37(34)35;;;;;;;;/h22H,2-21H2,1H3,(H,29,30)(H,32,33)(H,34,35);;;;;;;;/q;4*+1;4*-1/p-1. The second kappa shape index (κ2) is 36.5. The van der Waals surface area contributed by atoms with Crippen LogP contribution in [0.15, 0.2) is 0 Å². The number of amides is 1. The molecular weight excluding hydrogens is 594 g/mol. The Balaban J connectivity index is -0.000000231. The Labute approximate surface area is 343 Å². The van der Waals surface area contributed by atoms with Crippen molar-refractivity contribution in [2.75, 3.05) is 6.54 Å². The van der Waals surface area contributed by atoms with E-state index >= 15 is 0 Å². The van der Waals surface area contributed by atoms with E-state index < -0.39 is 60.5 Å². The molecule has 0 spiro atoms. The fraction of sp³-hybridized carbons (Fsp3) is 0.846. The van der Waals surface area contributed by atoms with Crippen LogP contribution >= 0.6 is 0 Å². The first-order chi connectivity index (χ1) is 17.7. The topological polar surface area (TPSA) is 161 Å². The van der Waals surface area contributed by atoms with Crippen LogP contribution in [0.2, 0.25) is 0 Å². The van der Waals surface area contributed by atoms with Gasteiger partial charge in [-0.05, 0) is 6.42 Å². The molecule has 0 saturated heterocycles. The normalized spacial score (nSPS) is 11.4. The van der Waals surface area contributed by atoms with Crippen molar-refractivity contribution in [3.05, 3.63) is 0 Å². The molecule has 1 amide bonds. The number of nitrogens with zero attached hydrogens (tertiary/aromatic N) is 1. The first-order valence-corrected chi connectivity index (χ1v) is 14.7. The molecule has 2 N–H and O–H groups in total. The quantitative estimate of drug-likeness (QED) is 0.0560. The van der Waals surface area contributed by atoms with Crippen molar-refractivity contribution in [2.24, 2.45) is 0 Å². The number of rotatable bonds is 25. The molecule has 0 aromatic heterocycles. The van der Waals surface area contributed by atoms with E-state index in [4.69, 9.17) is 5.11 Å². The van der Waals surface area contributed by atoms with Gasteiger partial charge >= 0.3 is 136 Å². The van der Waals surface area contributed by atoms with Crippen LogP contribution < -0.4 is 118 Å². The Morgan fingerprint density at radius 1 is 0.732 bits per heavy atom. The maximum absolute atomic E-state index is 12.6. The Hall–Kier alpha value is 1.99. The molecule has 2 unspecified atom stereocenters. The molecule has 10 nitrogen and oxygen atoms in total. The smallest absolute Gasteiger partial charge is 1.00 e. The molecule has 15 heteroatoms. The minimum absolute atomic E-state index is 0. The predicted molar refractivity (Wildman–Crippen MR) is 144 cm³/mol. The maximum atomic E-state index is 12.6. The van der Waals surface area contributed by atoms with E-state index in [0.29, 0.717) is 6.42 Å². The Bertz CT molecular complexity index is 725. The summed E-state index contributed by atoms with van der Waals surface area (Å²) < 4.78 is 24.7. The monoisotopic (exact) mass is 644 g/mol. The minimum atomic E-state index is -3.06. The zero-order chi connectivity index (χ0) is 27.9. The molecule has 0 bridgehead atoms. The van der Waals surface area contributed by atoms with Crippen LogP contribution in [-0.4, -0.2) is 60.3 Å². The van der Waals surface area contributed by atoms with Gasteiger partial charge in [0.2, 0.25) is 5.91 Å². The van der Waals surface area contributed by atoms with Crippen molar-refractivity contribution in [3.63, 3.8) is 0 Å². The van der Waals surface area contributed by atoms with Crippen LogP contribution in [0.1, 0.15) is 135 Å². The summed E-state index contributed by atoms with van der Waals surface area (Å²) in [4.78, 5) is 47.6. The summed E-state index contributed by atoms with van der Waals surface area (Å²) in [5, 5.41) is 18.5. The average Bonchev–Trinajstić information content (AvgIpc) is 2.82. The number of hydrogen-bond acceptors (Lipinski definition) is 7. The van der Waals surface area contributed by atoms with Crippen molar-refractivity contribution < 1.29 is 166 Å². The molecule has 2 atom stereocenters. The summed E-state index contributed by atoms with van der Waals surface area (Å²) in [7, 11) is 0. The van der Waals surface area contributed by atoms with E-state index in [-0.39, 0.29) is 130 Å².